The van der Waals surface area contributed by atoms with Crippen LogP contribution in [0.3, 0.4) is 0 Å². The van der Waals surface area contributed by atoms with Crippen LogP contribution in [-0.2, 0) is 6.54 Å². The minimum absolute atomic E-state index is 0.0854. The molecule has 0 spiro atoms. The lowest BCUT2D eigenvalue weighted by molar-refractivity contribution is 0.464. The van der Waals surface area contributed by atoms with Gasteiger partial charge in [-0.05, 0) is 26.8 Å². The van der Waals surface area contributed by atoms with Crippen molar-refractivity contribution in [3.05, 3.63) is 27.7 Å². The van der Waals surface area contributed by atoms with Crippen LogP contribution in [0, 0.1) is 13.8 Å². The van der Waals surface area contributed by atoms with E-state index in [-0.39, 0.29) is 11.3 Å². The van der Waals surface area contributed by atoms with E-state index in [1.165, 1.54) is 0 Å². The van der Waals surface area contributed by atoms with Crippen LogP contribution in [0.5, 0.6) is 5.75 Å². The molecule has 0 saturated carbocycles. The fourth-order valence-corrected chi connectivity index (χ4v) is 1.25. The Hall–Kier alpha value is -1.25. The van der Waals surface area contributed by atoms with Crippen molar-refractivity contribution in [2.75, 3.05) is 0 Å². The van der Waals surface area contributed by atoms with E-state index in [0.29, 0.717) is 12.1 Å². The molecule has 0 atom stereocenters. The molecule has 0 unspecified atom stereocenters. The van der Waals surface area contributed by atoms with E-state index >= 15 is 0 Å². The molecule has 3 heteroatoms. The second kappa shape index (κ2) is 3.01. The van der Waals surface area contributed by atoms with E-state index < -0.39 is 0 Å². The quantitative estimate of drug-likeness (QED) is 0.682. The molecule has 0 amide bonds. The third-order valence-electron chi connectivity index (χ3n) is 2.04. The van der Waals surface area contributed by atoms with E-state index in [1.54, 1.807) is 17.6 Å². The average Bonchev–Trinajstić information content (AvgIpc) is 2.01. The van der Waals surface area contributed by atoms with Crippen LogP contribution >= 0.6 is 0 Å². The normalized spacial score (nSPS) is 10.2. The molecule has 3 nitrogen and oxygen atoms in total. The van der Waals surface area contributed by atoms with Gasteiger partial charge in [-0.3, -0.25) is 4.79 Å². The molecule has 1 N–H and O–H groups in total. The van der Waals surface area contributed by atoms with Gasteiger partial charge in [0, 0.05) is 12.2 Å². The first kappa shape index (κ1) is 8.84. The van der Waals surface area contributed by atoms with Crippen molar-refractivity contribution in [3.63, 3.8) is 0 Å². The van der Waals surface area contributed by atoms with Crippen LogP contribution in [0.15, 0.2) is 10.9 Å². The van der Waals surface area contributed by atoms with Gasteiger partial charge in [-0.15, -0.1) is 0 Å². The third kappa shape index (κ3) is 1.22. The van der Waals surface area contributed by atoms with Gasteiger partial charge in [0.2, 0.25) is 0 Å². The number of aromatic hydroxyl groups is 1. The maximum absolute atomic E-state index is 11.4. The summed E-state index contributed by atoms with van der Waals surface area (Å²) in [6, 6.07) is 1.61. The Balaban J connectivity index is 3.52. The number of aromatic nitrogens is 1. The number of pyridine rings is 1. The highest BCUT2D eigenvalue weighted by Gasteiger charge is 2.05. The number of rotatable bonds is 1. The molecule has 0 aliphatic heterocycles. The summed E-state index contributed by atoms with van der Waals surface area (Å²) in [5, 5.41) is 9.29. The van der Waals surface area contributed by atoms with Gasteiger partial charge >= 0.3 is 0 Å². The number of hydrogen-bond donors (Lipinski definition) is 1. The summed E-state index contributed by atoms with van der Waals surface area (Å²) >= 11 is 0. The number of nitrogens with zero attached hydrogens (tertiary/aromatic N) is 1. The predicted molar refractivity (Wildman–Crippen MR) is 47.5 cm³/mol. The Kier molecular flexibility index (Phi) is 2.22. The van der Waals surface area contributed by atoms with Crippen molar-refractivity contribution in [1.29, 1.82) is 0 Å². The summed E-state index contributed by atoms with van der Waals surface area (Å²) in [5.74, 6) is 0.0854. The second-order valence-electron chi connectivity index (χ2n) is 2.85. The van der Waals surface area contributed by atoms with Crippen molar-refractivity contribution in [1.82, 2.24) is 4.57 Å². The maximum Gasteiger partial charge on any atom is 0.257 e. The van der Waals surface area contributed by atoms with Crippen LogP contribution < -0.4 is 5.56 Å². The van der Waals surface area contributed by atoms with Crippen molar-refractivity contribution < 1.29 is 5.11 Å². The van der Waals surface area contributed by atoms with Crippen molar-refractivity contribution >= 4 is 0 Å². The lowest BCUT2D eigenvalue weighted by Crippen LogP contribution is -2.23. The van der Waals surface area contributed by atoms with Crippen LogP contribution in [-0.4, -0.2) is 9.67 Å². The lowest BCUT2D eigenvalue weighted by atomic mass is 10.2. The highest BCUT2D eigenvalue weighted by molar-refractivity contribution is 5.30. The zero-order chi connectivity index (χ0) is 9.30. The SMILES string of the molecule is CCn1c(C)cc(O)c(C)c1=O. The Bertz CT molecular complexity index is 352. The van der Waals surface area contributed by atoms with E-state index in [2.05, 4.69) is 0 Å². The minimum Gasteiger partial charge on any atom is -0.507 e. The average molecular weight is 167 g/mol. The molecule has 0 saturated heterocycles. The highest BCUT2D eigenvalue weighted by atomic mass is 16.3. The van der Waals surface area contributed by atoms with Gasteiger partial charge in [-0.1, -0.05) is 0 Å². The van der Waals surface area contributed by atoms with Crippen LogP contribution in [0.4, 0.5) is 0 Å². The van der Waals surface area contributed by atoms with Crippen molar-refractivity contribution in [3.8, 4) is 5.75 Å². The zero-order valence-electron chi connectivity index (χ0n) is 7.59. The molecular formula is C9H13NO2. The Morgan fingerprint density at radius 3 is 2.58 bits per heavy atom. The van der Waals surface area contributed by atoms with Gasteiger partial charge in [-0.25, -0.2) is 0 Å². The van der Waals surface area contributed by atoms with Gasteiger partial charge in [-0.2, -0.15) is 0 Å². The standard InChI is InChI=1S/C9H13NO2/c1-4-10-6(2)5-8(11)7(3)9(10)12/h5,11H,4H2,1-3H3. The molecule has 0 fully saturated rings. The highest BCUT2D eigenvalue weighted by Crippen LogP contribution is 2.12. The molecule has 66 valence electrons. The van der Waals surface area contributed by atoms with Crippen LogP contribution in [0.1, 0.15) is 18.2 Å². The van der Waals surface area contributed by atoms with E-state index in [0.717, 1.165) is 5.69 Å². The van der Waals surface area contributed by atoms with Gasteiger partial charge < -0.3 is 9.67 Å². The monoisotopic (exact) mass is 167 g/mol. The fraction of sp³-hybridized carbons (Fsp3) is 0.444. The largest absolute Gasteiger partial charge is 0.507 e. The summed E-state index contributed by atoms with van der Waals surface area (Å²) in [6.45, 7) is 5.99. The van der Waals surface area contributed by atoms with Gasteiger partial charge in [0.1, 0.15) is 5.75 Å². The molecule has 0 aliphatic carbocycles. The van der Waals surface area contributed by atoms with Crippen LogP contribution in [0.25, 0.3) is 0 Å². The predicted octanol–water partition coefficient (Wildman–Crippen LogP) is 1.19. The van der Waals surface area contributed by atoms with E-state index in [4.69, 9.17) is 0 Å². The summed E-state index contributed by atoms with van der Waals surface area (Å²) in [4.78, 5) is 11.4. The molecule has 1 aromatic heterocycles. The van der Waals surface area contributed by atoms with Crippen LogP contribution in [0.2, 0.25) is 0 Å². The lowest BCUT2D eigenvalue weighted by Gasteiger charge is -2.08. The first-order valence-electron chi connectivity index (χ1n) is 3.98. The number of hydrogen-bond acceptors (Lipinski definition) is 2. The first-order chi connectivity index (χ1) is 5.57. The zero-order valence-corrected chi connectivity index (χ0v) is 7.59. The fourth-order valence-electron chi connectivity index (χ4n) is 1.25. The maximum atomic E-state index is 11.4. The Morgan fingerprint density at radius 1 is 1.50 bits per heavy atom. The second-order valence-corrected chi connectivity index (χ2v) is 2.85. The molecule has 1 heterocycles. The van der Waals surface area contributed by atoms with Gasteiger partial charge in [0.05, 0.1) is 5.56 Å². The Morgan fingerprint density at radius 2 is 2.08 bits per heavy atom. The summed E-state index contributed by atoms with van der Waals surface area (Å²) in [7, 11) is 0. The molecule has 0 aliphatic rings. The smallest absolute Gasteiger partial charge is 0.257 e. The van der Waals surface area contributed by atoms with E-state index in [9.17, 15) is 9.90 Å². The molecule has 0 bridgehead atoms. The molecule has 1 rings (SSSR count). The summed E-state index contributed by atoms with van der Waals surface area (Å²) in [6.07, 6.45) is 0. The van der Waals surface area contributed by atoms with E-state index in [1.807, 2.05) is 13.8 Å². The molecule has 12 heavy (non-hydrogen) atoms. The Labute approximate surface area is 71.3 Å². The summed E-state index contributed by atoms with van der Waals surface area (Å²) < 4.78 is 1.63. The van der Waals surface area contributed by atoms with Crippen molar-refractivity contribution in [2.24, 2.45) is 0 Å². The molecule has 0 radical (unpaired) electrons. The summed E-state index contributed by atoms with van der Waals surface area (Å²) in [5.41, 5.74) is 1.11. The van der Waals surface area contributed by atoms with Gasteiger partial charge in [0.25, 0.3) is 5.56 Å². The molecular weight excluding hydrogens is 154 g/mol. The first-order valence-corrected chi connectivity index (χ1v) is 3.98. The minimum atomic E-state index is -0.102. The molecule has 1 aromatic rings. The third-order valence-corrected chi connectivity index (χ3v) is 2.04. The van der Waals surface area contributed by atoms with Crippen molar-refractivity contribution in [2.45, 2.75) is 27.3 Å². The topological polar surface area (TPSA) is 42.2 Å². The molecule has 0 aromatic carbocycles. The van der Waals surface area contributed by atoms with Gasteiger partial charge in [0.15, 0.2) is 0 Å². The number of aryl methyl sites for hydroxylation is 1.